The molecule has 0 spiro atoms. The highest BCUT2D eigenvalue weighted by Crippen LogP contribution is 2.26. The SMILES string of the molecule is COc1ccc(C)cc1NC(=O)c1ccnc(F)c1F. The molecule has 6 heteroatoms. The number of pyridine rings is 1. The average Bonchev–Trinajstić information content (AvgIpc) is 2.42. The highest BCUT2D eigenvalue weighted by atomic mass is 19.2. The molecule has 104 valence electrons. The van der Waals surface area contributed by atoms with Crippen molar-refractivity contribution in [3.05, 3.63) is 53.4 Å². The van der Waals surface area contributed by atoms with Gasteiger partial charge in [-0.3, -0.25) is 4.79 Å². The van der Waals surface area contributed by atoms with Gasteiger partial charge in [0.1, 0.15) is 5.75 Å². The van der Waals surface area contributed by atoms with E-state index in [-0.39, 0.29) is 0 Å². The maximum atomic E-state index is 13.5. The summed E-state index contributed by atoms with van der Waals surface area (Å²) in [7, 11) is 1.45. The van der Waals surface area contributed by atoms with Gasteiger partial charge in [-0.1, -0.05) is 6.07 Å². The van der Waals surface area contributed by atoms with Crippen LogP contribution in [0.1, 0.15) is 15.9 Å². The Bertz CT molecular complexity index is 660. The van der Waals surface area contributed by atoms with E-state index < -0.39 is 23.2 Å². The number of aromatic nitrogens is 1. The third-order valence-electron chi connectivity index (χ3n) is 2.69. The molecule has 0 aliphatic carbocycles. The number of aryl methyl sites for hydroxylation is 1. The molecule has 1 aromatic heterocycles. The predicted octanol–water partition coefficient (Wildman–Crippen LogP) is 2.93. The van der Waals surface area contributed by atoms with Crippen LogP contribution in [0.15, 0.2) is 30.5 Å². The maximum absolute atomic E-state index is 13.5. The van der Waals surface area contributed by atoms with Crippen molar-refractivity contribution in [2.75, 3.05) is 12.4 Å². The van der Waals surface area contributed by atoms with E-state index >= 15 is 0 Å². The Balaban J connectivity index is 2.32. The van der Waals surface area contributed by atoms with E-state index in [0.717, 1.165) is 17.8 Å². The summed E-state index contributed by atoms with van der Waals surface area (Å²) in [5, 5.41) is 2.49. The van der Waals surface area contributed by atoms with Crippen LogP contribution in [0.2, 0.25) is 0 Å². The van der Waals surface area contributed by atoms with E-state index in [1.807, 2.05) is 6.92 Å². The molecule has 1 amide bonds. The van der Waals surface area contributed by atoms with Gasteiger partial charge >= 0.3 is 0 Å². The normalized spacial score (nSPS) is 10.2. The van der Waals surface area contributed by atoms with Gasteiger partial charge in [0.15, 0.2) is 5.82 Å². The van der Waals surface area contributed by atoms with E-state index in [1.54, 1.807) is 18.2 Å². The summed E-state index contributed by atoms with van der Waals surface area (Å²) in [5.74, 6) is -2.93. The first-order chi connectivity index (χ1) is 9.52. The summed E-state index contributed by atoms with van der Waals surface area (Å²) in [5.41, 5.74) is 0.859. The summed E-state index contributed by atoms with van der Waals surface area (Å²) < 4.78 is 31.6. The zero-order valence-corrected chi connectivity index (χ0v) is 10.9. The van der Waals surface area contributed by atoms with E-state index in [4.69, 9.17) is 4.74 Å². The molecule has 4 nitrogen and oxygen atoms in total. The third kappa shape index (κ3) is 2.74. The monoisotopic (exact) mass is 278 g/mol. The number of hydrogen-bond donors (Lipinski definition) is 1. The smallest absolute Gasteiger partial charge is 0.258 e. The van der Waals surface area contributed by atoms with Gasteiger partial charge in [0.25, 0.3) is 5.91 Å². The molecule has 0 aliphatic rings. The number of hydrogen-bond acceptors (Lipinski definition) is 3. The fourth-order valence-electron chi connectivity index (χ4n) is 1.70. The molecule has 0 aliphatic heterocycles. The van der Waals surface area contributed by atoms with Gasteiger partial charge < -0.3 is 10.1 Å². The molecule has 0 saturated carbocycles. The first kappa shape index (κ1) is 13.9. The zero-order valence-electron chi connectivity index (χ0n) is 10.9. The molecule has 0 unspecified atom stereocenters. The van der Waals surface area contributed by atoms with Crippen LogP contribution in [-0.2, 0) is 0 Å². The summed E-state index contributed by atoms with van der Waals surface area (Å²) in [4.78, 5) is 15.1. The number of methoxy groups -OCH3 is 1. The van der Waals surface area contributed by atoms with Crippen molar-refractivity contribution in [1.82, 2.24) is 4.98 Å². The third-order valence-corrected chi connectivity index (χ3v) is 2.69. The lowest BCUT2D eigenvalue weighted by Gasteiger charge is -2.11. The zero-order chi connectivity index (χ0) is 14.7. The molecule has 20 heavy (non-hydrogen) atoms. The van der Waals surface area contributed by atoms with Crippen LogP contribution in [-0.4, -0.2) is 18.0 Å². The van der Waals surface area contributed by atoms with Crippen LogP contribution in [0.4, 0.5) is 14.5 Å². The van der Waals surface area contributed by atoms with Crippen molar-refractivity contribution >= 4 is 11.6 Å². The van der Waals surface area contributed by atoms with Crippen LogP contribution in [0, 0.1) is 18.7 Å². The number of nitrogens with zero attached hydrogens (tertiary/aromatic N) is 1. The Labute approximate surface area is 114 Å². The minimum atomic E-state index is -1.31. The average molecular weight is 278 g/mol. The van der Waals surface area contributed by atoms with Gasteiger partial charge in [0.05, 0.1) is 18.4 Å². The highest BCUT2D eigenvalue weighted by molar-refractivity contribution is 6.05. The Kier molecular flexibility index (Phi) is 3.93. The van der Waals surface area contributed by atoms with Crippen LogP contribution < -0.4 is 10.1 Å². The molecule has 2 aromatic rings. The van der Waals surface area contributed by atoms with Gasteiger partial charge in [-0.05, 0) is 30.7 Å². The second kappa shape index (κ2) is 5.64. The summed E-state index contributed by atoms with van der Waals surface area (Å²) >= 11 is 0. The molecule has 0 bridgehead atoms. The molecular formula is C14H12F2N2O2. The molecule has 0 fully saturated rings. The van der Waals surface area contributed by atoms with Crippen molar-refractivity contribution in [2.45, 2.75) is 6.92 Å². The minimum absolute atomic E-state index is 0.383. The van der Waals surface area contributed by atoms with Crippen molar-refractivity contribution in [3.8, 4) is 5.75 Å². The second-order valence-corrected chi connectivity index (χ2v) is 4.12. The lowest BCUT2D eigenvalue weighted by molar-refractivity contribution is 0.102. The number of carbonyl (C=O) groups excluding carboxylic acids is 1. The fourth-order valence-corrected chi connectivity index (χ4v) is 1.70. The van der Waals surface area contributed by atoms with Crippen molar-refractivity contribution in [2.24, 2.45) is 0 Å². The molecule has 1 N–H and O–H groups in total. The molecular weight excluding hydrogens is 266 g/mol. The minimum Gasteiger partial charge on any atom is -0.495 e. The molecule has 0 atom stereocenters. The van der Waals surface area contributed by atoms with Gasteiger partial charge in [-0.15, -0.1) is 0 Å². The highest BCUT2D eigenvalue weighted by Gasteiger charge is 2.17. The van der Waals surface area contributed by atoms with Gasteiger partial charge in [-0.2, -0.15) is 4.39 Å². The van der Waals surface area contributed by atoms with Crippen molar-refractivity contribution in [3.63, 3.8) is 0 Å². The second-order valence-electron chi connectivity index (χ2n) is 4.12. The molecule has 0 saturated heterocycles. The van der Waals surface area contributed by atoms with E-state index in [2.05, 4.69) is 10.3 Å². The maximum Gasteiger partial charge on any atom is 0.258 e. The predicted molar refractivity (Wildman–Crippen MR) is 69.8 cm³/mol. The van der Waals surface area contributed by atoms with Crippen LogP contribution in [0.3, 0.4) is 0 Å². The number of ether oxygens (including phenoxy) is 1. The first-order valence-electron chi connectivity index (χ1n) is 5.79. The fraction of sp³-hybridized carbons (Fsp3) is 0.143. The summed E-state index contributed by atoms with van der Waals surface area (Å²) in [6, 6.07) is 6.26. The van der Waals surface area contributed by atoms with E-state index in [9.17, 15) is 13.6 Å². The van der Waals surface area contributed by atoms with Gasteiger partial charge in [0, 0.05) is 6.20 Å². The number of rotatable bonds is 3. The number of benzene rings is 1. The molecule has 1 heterocycles. The summed E-state index contributed by atoms with van der Waals surface area (Å²) in [6.45, 7) is 1.84. The Hall–Kier alpha value is -2.50. The van der Waals surface area contributed by atoms with E-state index in [0.29, 0.717) is 11.4 Å². The Morgan fingerprint density at radius 2 is 2.05 bits per heavy atom. The largest absolute Gasteiger partial charge is 0.495 e. The standard InChI is InChI=1S/C14H12F2N2O2/c1-8-3-4-11(20-2)10(7-8)18-14(19)9-5-6-17-13(16)12(9)15/h3-7H,1-2H3,(H,18,19). The van der Waals surface area contributed by atoms with Gasteiger partial charge in [0.2, 0.25) is 5.95 Å². The van der Waals surface area contributed by atoms with Crippen LogP contribution in [0.5, 0.6) is 5.75 Å². The molecule has 1 aromatic carbocycles. The first-order valence-corrected chi connectivity index (χ1v) is 5.79. The lowest BCUT2D eigenvalue weighted by Crippen LogP contribution is -2.15. The summed E-state index contributed by atoms with van der Waals surface area (Å²) in [6.07, 6.45) is 1.03. The number of halogens is 2. The number of nitrogens with one attached hydrogen (secondary N) is 1. The molecule has 0 radical (unpaired) electrons. The van der Waals surface area contributed by atoms with Gasteiger partial charge in [-0.25, -0.2) is 9.37 Å². The van der Waals surface area contributed by atoms with Crippen molar-refractivity contribution < 1.29 is 18.3 Å². The Morgan fingerprint density at radius 1 is 1.30 bits per heavy atom. The van der Waals surface area contributed by atoms with E-state index in [1.165, 1.54) is 7.11 Å². The Morgan fingerprint density at radius 3 is 2.75 bits per heavy atom. The number of anilines is 1. The lowest BCUT2D eigenvalue weighted by atomic mass is 10.2. The number of carbonyl (C=O) groups is 1. The van der Waals surface area contributed by atoms with Crippen LogP contribution in [0.25, 0.3) is 0 Å². The quantitative estimate of drug-likeness (QED) is 0.878. The molecule has 2 rings (SSSR count). The van der Waals surface area contributed by atoms with Crippen LogP contribution >= 0.6 is 0 Å². The topological polar surface area (TPSA) is 51.2 Å². The number of amides is 1. The van der Waals surface area contributed by atoms with Crippen molar-refractivity contribution in [1.29, 1.82) is 0 Å².